The molecule has 162 valence electrons. The van der Waals surface area contributed by atoms with Gasteiger partial charge in [0.05, 0.1) is 12.8 Å². The van der Waals surface area contributed by atoms with Crippen LogP contribution in [0, 0.1) is 11.6 Å². The summed E-state index contributed by atoms with van der Waals surface area (Å²) in [5.74, 6) is -2.44. The zero-order valence-electron chi connectivity index (χ0n) is 16.5. The van der Waals surface area contributed by atoms with Crippen molar-refractivity contribution in [3.63, 3.8) is 0 Å². The molecular formula is C20H14F2N6O4. The van der Waals surface area contributed by atoms with E-state index in [1.807, 2.05) is 0 Å². The average molecular weight is 440 g/mol. The first-order valence-corrected chi connectivity index (χ1v) is 9.43. The van der Waals surface area contributed by atoms with E-state index in [4.69, 9.17) is 9.26 Å². The van der Waals surface area contributed by atoms with Crippen molar-refractivity contribution in [1.29, 1.82) is 0 Å². The molecule has 0 N–H and O–H groups in total. The van der Waals surface area contributed by atoms with Crippen molar-refractivity contribution in [2.75, 3.05) is 12.0 Å². The number of carbonyl (C=O) groups excluding carboxylic acids is 2. The van der Waals surface area contributed by atoms with E-state index < -0.39 is 35.5 Å². The fourth-order valence-electron chi connectivity index (χ4n) is 3.55. The van der Waals surface area contributed by atoms with E-state index in [0.717, 1.165) is 23.1 Å². The predicted molar refractivity (Wildman–Crippen MR) is 103 cm³/mol. The van der Waals surface area contributed by atoms with Crippen LogP contribution >= 0.6 is 0 Å². The molecule has 0 bridgehead atoms. The van der Waals surface area contributed by atoms with Gasteiger partial charge >= 0.3 is 0 Å². The molecule has 1 fully saturated rings. The number of rotatable bonds is 5. The van der Waals surface area contributed by atoms with Gasteiger partial charge in [0.15, 0.2) is 23.7 Å². The van der Waals surface area contributed by atoms with Crippen molar-refractivity contribution in [2.45, 2.75) is 18.6 Å². The van der Waals surface area contributed by atoms with Crippen LogP contribution in [0.25, 0.3) is 11.4 Å². The molecule has 3 aromatic rings. The number of fused-ring (bicyclic) bond motifs is 1. The molecule has 2 amide bonds. The molecule has 0 unspecified atom stereocenters. The Morgan fingerprint density at radius 3 is 2.56 bits per heavy atom. The number of benzene rings is 2. The van der Waals surface area contributed by atoms with Gasteiger partial charge in [0.25, 0.3) is 11.8 Å². The number of halogens is 2. The van der Waals surface area contributed by atoms with Crippen LogP contribution in [0.5, 0.6) is 5.75 Å². The van der Waals surface area contributed by atoms with Crippen LogP contribution in [0.3, 0.4) is 0 Å². The highest BCUT2D eigenvalue weighted by atomic mass is 19.2. The summed E-state index contributed by atoms with van der Waals surface area (Å²) in [4.78, 5) is 30.7. The number of carbonyl (C=O) groups is 2. The fraction of sp³-hybridized carbons (Fsp3) is 0.200. The molecule has 2 atom stereocenters. The summed E-state index contributed by atoms with van der Waals surface area (Å²) in [6, 6.07) is 7.66. The maximum absolute atomic E-state index is 13.6. The van der Waals surface area contributed by atoms with Gasteiger partial charge in [-0.25, -0.2) is 13.7 Å². The number of aromatic nitrogens is 2. The third kappa shape index (κ3) is 3.16. The minimum Gasteiger partial charge on any atom is -0.497 e. The number of nitrogens with zero attached hydrogens (tertiary/aromatic N) is 6. The van der Waals surface area contributed by atoms with Crippen molar-refractivity contribution in [3.8, 4) is 17.1 Å². The maximum atomic E-state index is 13.6. The summed E-state index contributed by atoms with van der Waals surface area (Å²) >= 11 is 0. The molecule has 0 aliphatic carbocycles. The Bertz CT molecular complexity index is 1250. The first kappa shape index (κ1) is 19.7. The average Bonchev–Trinajstić information content (AvgIpc) is 3.49. The van der Waals surface area contributed by atoms with Crippen molar-refractivity contribution in [1.82, 2.24) is 15.1 Å². The van der Waals surface area contributed by atoms with Crippen LogP contribution in [0.2, 0.25) is 0 Å². The third-order valence-electron chi connectivity index (χ3n) is 5.13. The van der Waals surface area contributed by atoms with Gasteiger partial charge in [0, 0.05) is 11.6 Å². The maximum Gasteiger partial charge on any atom is 0.263 e. The number of hydrogen-bond acceptors (Lipinski definition) is 9. The summed E-state index contributed by atoms with van der Waals surface area (Å²) in [5, 5.41) is 12.9. The van der Waals surface area contributed by atoms with E-state index in [-0.39, 0.29) is 18.1 Å². The highest BCUT2D eigenvalue weighted by Crippen LogP contribution is 2.33. The Labute approximate surface area is 179 Å². The number of amides is 2. The lowest BCUT2D eigenvalue weighted by Crippen LogP contribution is -2.39. The quantitative estimate of drug-likeness (QED) is 0.560. The van der Waals surface area contributed by atoms with Crippen LogP contribution in [0.4, 0.5) is 14.5 Å². The van der Waals surface area contributed by atoms with Gasteiger partial charge in [0.1, 0.15) is 12.3 Å². The molecule has 0 radical (unpaired) electrons. The van der Waals surface area contributed by atoms with E-state index in [1.54, 1.807) is 31.4 Å². The first-order valence-electron chi connectivity index (χ1n) is 9.43. The van der Waals surface area contributed by atoms with Gasteiger partial charge < -0.3 is 9.26 Å². The molecule has 12 heteroatoms. The molecule has 3 heterocycles. The molecule has 0 saturated carbocycles. The first-order chi connectivity index (χ1) is 15.5. The topological polar surface area (TPSA) is 113 Å². The Morgan fingerprint density at radius 2 is 1.84 bits per heavy atom. The van der Waals surface area contributed by atoms with Gasteiger partial charge in [-0.05, 0) is 36.4 Å². The Hall–Kier alpha value is -4.22. The third-order valence-corrected chi connectivity index (χ3v) is 5.13. The second-order valence-corrected chi connectivity index (χ2v) is 7.04. The molecule has 0 spiro atoms. The molecule has 1 saturated heterocycles. The largest absolute Gasteiger partial charge is 0.497 e. The van der Waals surface area contributed by atoms with Crippen LogP contribution in [0.15, 0.2) is 57.3 Å². The minimum atomic E-state index is -1.17. The number of hydrogen-bond donors (Lipinski definition) is 0. The molecule has 1 aromatic heterocycles. The van der Waals surface area contributed by atoms with Crippen LogP contribution in [0.1, 0.15) is 5.89 Å². The molecule has 2 aromatic carbocycles. The summed E-state index contributed by atoms with van der Waals surface area (Å²) < 4.78 is 37.2. The Morgan fingerprint density at radius 1 is 1.06 bits per heavy atom. The van der Waals surface area contributed by atoms with Crippen LogP contribution < -0.4 is 9.64 Å². The molecule has 2 aliphatic heterocycles. The van der Waals surface area contributed by atoms with E-state index in [2.05, 4.69) is 20.5 Å². The zero-order valence-corrected chi connectivity index (χ0v) is 16.5. The molecule has 5 rings (SSSR count). The number of ether oxygens (including phenoxy) is 1. The zero-order chi connectivity index (χ0) is 22.4. The standard InChI is InChI=1S/C20H14F2N6O4/c1-31-12-5-2-10(3-6-12)18-23-15(32-25-18)9-27-17-16(24-26-27)19(29)28(20(17)30)11-4-7-13(21)14(22)8-11/h2-8,16-17H,9H2,1H3/t16-,17+/m1/s1. The molecule has 10 nitrogen and oxygen atoms in total. The van der Waals surface area contributed by atoms with Crippen molar-refractivity contribution < 1.29 is 27.6 Å². The Balaban J connectivity index is 1.35. The minimum absolute atomic E-state index is 0.0710. The molecular weight excluding hydrogens is 426 g/mol. The summed E-state index contributed by atoms with van der Waals surface area (Å²) in [7, 11) is 1.56. The highest BCUT2D eigenvalue weighted by molar-refractivity contribution is 6.25. The monoisotopic (exact) mass is 440 g/mol. The number of anilines is 1. The number of imide groups is 1. The van der Waals surface area contributed by atoms with Crippen molar-refractivity contribution >= 4 is 17.5 Å². The van der Waals surface area contributed by atoms with Gasteiger partial charge in [0.2, 0.25) is 11.7 Å². The van der Waals surface area contributed by atoms with E-state index in [9.17, 15) is 18.4 Å². The summed E-state index contributed by atoms with van der Waals surface area (Å²) in [6.45, 7) is -0.0710. The smallest absolute Gasteiger partial charge is 0.263 e. The highest BCUT2D eigenvalue weighted by Gasteiger charge is 2.55. The Kier molecular flexibility index (Phi) is 4.61. The van der Waals surface area contributed by atoms with Gasteiger partial charge in [-0.1, -0.05) is 10.4 Å². The number of methoxy groups -OCH3 is 1. The van der Waals surface area contributed by atoms with E-state index in [1.165, 1.54) is 5.01 Å². The normalized spacial score (nSPS) is 19.7. The van der Waals surface area contributed by atoms with Gasteiger partial charge in [-0.15, -0.1) is 0 Å². The second kappa shape index (κ2) is 7.48. The lowest BCUT2D eigenvalue weighted by Gasteiger charge is -2.19. The summed E-state index contributed by atoms with van der Waals surface area (Å²) in [5.41, 5.74) is 0.612. The van der Waals surface area contributed by atoms with Crippen LogP contribution in [-0.2, 0) is 16.1 Å². The fourth-order valence-corrected chi connectivity index (χ4v) is 3.55. The van der Waals surface area contributed by atoms with Crippen molar-refractivity contribution in [2.24, 2.45) is 10.3 Å². The SMILES string of the molecule is COc1ccc(-c2noc(CN3N=N[C@H]4C(=O)N(c5ccc(F)c(F)c5)C(=O)[C@H]43)n2)cc1. The van der Waals surface area contributed by atoms with Gasteiger partial charge in [-0.2, -0.15) is 10.1 Å². The van der Waals surface area contributed by atoms with Crippen LogP contribution in [-0.4, -0.2) is 46.2 Å². The molecule has 32 heavy (non-hydrogen) atoms. The van der Waals surface area contributed by atoms with Crippen molar-refractivity contribution in [3.05, 3.63) is 60.0 Å². The van der Waals surface area contributed by atoms with E-state index >= 15 is 0 Å². The second-order valence-electron chi connectivity index (χ2n) is 7.04. The lowest BCUT2D eigenvalue weighted by atomic mass is 10.1. The molecule has 2 aliphatic rings. The predicted octanol–water partition coefficient (Wildman–Crippen LogP) is 2.52. The lowest BCUT2D eigenvalue weighted by molar-refractivity contribution is -0.123. The van der Waals surface area contributed by atoms with Gasteiger partial charge in [-0.3, -0.25) is 14.6 Å². The summed E-state index contributed by atoms with van der Waals surface area (Å²) in [6.07, 6.45) is 0. The van der Waals surface area contributed by atoms with E-state index in [0.29, 0.717) is 17.1 Å².